The molecule has 0 saturated carbocycles. The zero-order valence-electron chi connectivity index (χ0n) is 11.3. The molecule has 3 N–H and O–H groups in total. The van der Waals surface area contributed by atoms with Gasteiger partial charge in [0.25, 0.3) is 0 Å². The smallest absolute Gasteiger partial charge is 0.377 e. The SMILES string of the molecule is C=C/C(=C\C=C(/C)C(C)(O)C(F)(F)F)CN.CC. The van der Waals surface area contributed by atoms with E-state index < -0.39 is 11.8 Å². The van der Waals surface area contributed by atoms with Crippen molar-refractivity contribution in [1.29, 1.82) is 0 Å². The lowest BCUT2D eigenvalue weighted by atomic mass is 9.96. The number of allylic oxidation sites excluding steroid dienone is 2. The summed E-state index contributed by atoms with van der Waals surface area (Å²) in [7, 11) is 0. The highest BCUT2D eigenvalue weighted by Gasteiger charge is 2.50. The average molecular weight is 265 g/mol. The maximum absolute atomic E-state index is 12.4. The molecule has 0 aromatic carbocycles. The highest BCUT2D eigenvalue weighted by Crippen LogP contribution is 2.35. The lowest BCUT2D eigenvalue weighted by Crippen LogP contribution is -2.43. The van der Waals surface area contributed by atoms with Crippen LogP contribution in [0.3, 0.4) is 0 Å². The van der Waals surface area contributed by atoms with E-state index in [1.165, 1.54) is 25.2 Å². The van der Waals surface area contributed by atoms with Crippen LogP contribution in [0.4, 0.5) is 13.2 Å². The Bertz CT molecular complexity index is 315. The molecule has 0 saturated heterocycles. The summed E-state index contributed by atoms with van der Waals surface area (Å²) in [6.07, 6.45) is -0.648. The third-order valence-electron chi connectivity index (χ3n) is 2.37. The van der Waals surface area contributed by atoms with Crippen molar-refractivity contribution in [2.75, 3.05) is 6.54 Å². The van der Waals surface area contributed by atoms with Gasteiger partial charge in [-0.05, 0) is 25.0 Å². The van der Waals surface area contributed by atoms with Gasteiger partial charge in [0.2, 0.25) is 0 Å². The number of hydrogen-bond donors (Lipinski definition) is 2. The summed E-state index contributed by atoms with van der Waals surface area (Å²) >= 11 is 0. The van der Waals surface area contributed by atoms with Gasteiger partial charge in [-0.3, -0.25) is 0 Å². The third-order valence-corrected chi connectivity index (χ3v) is 2.37. The summed E-state index contributed by atoms with van der Waals surface area (Å²) in [5.74, 6) is 0. The van der Waals surface area contributed by atoms with E-state index >= 15 is 0 Å². The molecule has 0 aliphatic rings. The Morgan fingerprint density at radius 1 is 1.28 bits per heavy atom. The molecular formula is C13H22F3NO. The fourth-order valence-corrected chi connectivity index (χ4v) is 0.837. The molecule has 106 valence electrons. The van der Waals surface area contributed by atoms with Gasteiger partial charge in [0.05, 0.1) is 0 Å². The molecule has 0 fully saturated rings. The predicted molar refractivity (Wildman–Crippen MR) is 69.1 cm³/mol. The van der Waals surface area contributed by atoms with Crippen LogP contribution >= 0.6 is 0 Å². The molecule has 0 aromatic heterocycles. The fourth-order valence-electron chi connectivity index (χ4n) is 0.837. The molecule has 0 spiro atoms. The second kappa shape index (κ2) is 8.11. The largest absolute Gasteiger partial charge is 0.420 e. The number of halogens is 3. The Labute approximate surface area is 107 Å². The molecule has 18 heavy (non-hydrogen) atoms. The molecule has 0 bridgehead atoms. The van der Waals surface area contributed by atoms with E-state index in [9.17, 15) is 18.3 Å². The van der Waals surface area contributed by atoms with Crippen LogP contribution in [0.15, 0.2) is 36.0 Å². The highest BCUT2D eigenvalue weighted by molar-refractivity contribution is 5.28. The van der Waals surface area contributed by atoms with E-state index in [1.807, 2.05) is 13.8 Å². The maximum atomic E-state index is 12.4. The van der Waals surface area contributed by atoms with E-state index in [0.717, 1.165) is 0 Å². The summed E-state index contributed by atoms with van der Waals surface area (Å²) in [6.45, 7) is 9.56. The quantitative estimate of drug-likeness (QED) is 0.766. The molecule has 0 aromatic rings. The first-order valence-corrected chi connectivity index (χ1v) is 5.66. The first-order valence-electron chi connectivity index (χ1n) is 5.66. The van der Waals surface area contributed by atoms with Gasteiger partial charge in [0.1, 0.15) is 0 Å². The van der Waals surface area contributed by atoms with Gasteiger partial charge in [-0.15, -0.1) is 0 Å². The number of hydrogen-bond acceptors (Lipinski definition) is 2. The van der Waals surface area contributed by atoms with Crippen molar-refractivity contribution in [3.05, 3.63) is 36.0 Å². The van der Waals surface area contributed by atoms with Crippen molar-refractivity contribution in [3.8, 4) is 0 Å². The maximum Gasteiger partial charge on any atom is 0.420 e. The standard InChI is InChI=1S/C11H16F3NO.C2H6/c1-4-9(7-15)6-5-8(2)10(3,16)11(12,13)14;1-2/h4-6,16H,1,7,15H2,2-3H3;1-2H3/b8-5+,9-6+;. The minimum Gasteiger partial charge on any atom is -0.377 e. The first kappa shape index (κ1) is 19.3. The zero-order chi connectivity index (χ0) is 15.0. The Kier molecular flexibility index (Phi) is 8.68. The Balaban J connectivity index is 0. The van der Waals surface area contributed by atoms with Crippen molar-refractivity contribution < 1.29 is 18.3 Å². The Morgan fingerprint density at radius 2 is 1.72 bits per heavy atom. The van der Waals surface area contributed by atoms with Crippen LogP contribution in [-0.2, 0) is 0 Å². The van der Waals surface area contributed by atoms with E-state index in [0.29, 0.717) is 12.5 Å². The molecule has 0 radical (unpaired) electrons. The lowest BCUT2D eigenvalue weighted by Gasteiger charge is -2.27. The average Bonchev–Trinajstić information content (AvgIpc) is 2.31. The van der Waals surface area contributed by atoms with Gasteiger partial charge in [-0.25, -0.2) is 0 Å². The summed E-state index contributed by atoms with van der Waals surface area (Å²) in [5, 5.41) is 9.30. The summed E-state index contributed by atoms with van der Waals surface area (Å²) in [6, 6.07) is 0. The van der Waals surface area contributed by atoms with Crippen LogP contribution in [0, 0.1) is 0 Å². The van der Waals surface area contributed by atoms with Crippen LogP contribution < -0.4 is 5.73 Å². The molecule has 0 rings (SSSR count). The van der Waals surface area contributed by atoms with E-state index in [2.05, 4.69) is 6.58 Å². The zero-order valence-corrected chi connectivity index (χ0v) is 11.3. The number of nitrogens with two attached hydrogens (primary N) is 1. The predicted octanol–water partition coefficient (Wildman–Crippen LogP) is 3.34. The van der Waals surface area contributed by atoms with Crippen LogP contribution in [0.2, 0.25) is 0 Å². The second-order valence-electron chi connectivity index (χ2n) is 3.57. The van der Waals surface area contributed by atoms with Crippen molar-refractivity contribution in [2.45, 2.75) is 39.5 Å². The normalized spacial score (nSPS) is 16.5. The molecule has 0 aliphatic carbocycles. The van der Waals surface area contributed by atoms with Crippen LogP contribution in [-0.4, -0.2) is 23.4 Å². The van der Waals surface area contributed by atoms with Gasteiger partial charge in [-0.2, -0.15) is 13.2 Å². The summed E-state index contributed by atoms with van der Waals surface area (Å²) < 4.78 is 37.2. The van der Waals surface area contributed by atoms with E-state index in [4.69, 9.17) is 5.73 Å². The third kappa shape index (κ3) is 5.51. The van der Waals surface area contributed by atoms with Crippen molar-refractivity contribution >= 4 is 0 Å². The van der Waals surface area contributed by atoms with Gasteiger partial charge in [0, 0.05) is 6.54 Å². The van der Waals surface area contributed by atoms with Crippen molar-refractivity contribution in [3.63, 3.8) is 0 Å². The van der Waals surface area contributed by atoms with Crippen LogP contribution in [0.25, 0.3) is 0 Å². The van der Waals surface area contributed by atoms with Crippen molar-refractivity contribution in [2.24, 2.45) is 5.73 Å². The monoisotopic (exact) mass is 265 g/mol. The minimum atomic E-state index is -4.70. The number of aliphatic hydroxyl groups is 1. The van der Waals surface area contributed by atoms with Gasteiger partial charge < -0.3 is 10.8 Å². The molecular weight excluding hydrogens is 243 g/mol. The van der Waals surface area contributed by atoms with Gasteiger partial charge in [0.15, 0.2) is 5.60 Å². The summed E-state index contributed by atoms with van der Waals surface area (Å²) in [4.78, 5) is 0. The molecule has 5 heteroatoms. The summed E-state index contributed by atoms with van der Waals surface area (Å²) in [5.41, 5.74) is 2.88. The first-order chi connectivity index (χ1) is 8.16. The Hall–Kier alpha value is -1.07. The fraction of sp³-hybridized carbons (Fsp3) is 0.538. The van der Waals surface area contributed by atoms with Crippen molar-refractivity contribution in [1.82, 2.24) is 0 Å². The van der Waals surface area contributed by atoms with E-state index in [1.54, 1.807) is 0 Å². The molecule has 2 nitrogen and oxygen atoms in total. The molecule has 1 unspecified atom stereocenters. The topological polar surface area (TPSA) is 46.2 Å². The van der Waals surface area contributed by atoms with Gasteiger partial charge >= 0.3 is 6.18 Å². The van der Waals surface area contributed by atoms with Crippen LogP contribution in [0.1, 0.15) is 27.7 Å². The second-order valence-corrected chi connectivity index (χ2v) is 3.57. The lowest BCUT2D eigenvalue weighted by molar-refractivity contribution is -0.236. The minimum absolute atomic E-state index is 0.182. The number of rotatable bonds is 4. The molecule has 0 heterocycles. The molecule has 1 atom stereocenters. The van der Waals surface area contributed by atoms with E-state index in [-0.39, 0.29) is 12.1 Å². The highest BCUT2D eigenvalue weighted by atomic mass is 19.4. The van der Waals surface area contributed by atoms with Gasteiger partial charge in [-0.1, -0.05) is 38.7 Å². The number of alkyl halides is 3. The Morgan fingerprint density at radius 3 is 2.00 bits per heavy atom. The molecule has 0 amide bonds. The molecule has 0 aliphatic heterocycles. The van der Waals surface area contributed by atoms with Crippen LogP contribution in [0.5, 0.6) is 0 Å².